The third kappa shape index (κ3) is 4.66. The summed E-state index contributed by atoms with van der Waals surface area (Å²) in [6.45, 7) is 1.62. The van der Waals surface area contributed by atoms with Crippen molar-refractivity contribution < 1.29 is 50.3 Å². The van der Waals surface area contributed by atoms with Crippen LogP contribution < -0.4 is 0 Å². The van der Waals surface area contributed by atoms with Crippen molar-refractivity contribution in [2.45, 2.75) is 94.4 Å². The van der Waals surface area contributed by atoms with Gasteiger partial charge in [-0.2, -0.15) is 17.2 Å². The second-order valence-corrected chi connectivity index (χ2v) is 11.7. The Kier molecular flexibility index (Phi) is 7.15. The van der Waals surface area contributed by atoms with Gasteiger partial charge in [-0.3, -0.25) is 18.9 Å². The van der Waals surface area contributed by atoms with Crippen molar-refractivity contribution in [1.82, 2.24) is 4.90 Å². The Labute approximate surface area is 202 Å². The quantitative estimate of drug-likeness (QED) is 0.392. The number of amides is 1. The second kappa shape index (κ2) is 9.55. The number of esters is 2. The maximum Gasteiger partial charge on any atom is 0.402 e. The molecule has 3 heterocycles. The molecule has 1 amide bonds. The molecule has 0 spiro atoms. The minimum Gasteiger partial charge on any atom is -0.458 e. The zero-order valence-corrected chi connectivity index (χ0v) is 20.4. The highest BCUT2D eigenvalue weighted by Gasteiger charge is 2.73. The van der Waals surface area contributed by atoms with Gasteiger partial charge in [0.25, 0.3) is 0 Å². The van der Waals surface area contributed by atoms with Crippen LogP contribution in [-0.4, -0.2) is 78.0 Å². The van der Waals surface area contributed by atoms with Crippen LogP contribution in [0.3, 0.4) is 0 Å². The second-order valence-electron chi connectivity index (χ2n) is 10.1. The van der Waals surface area contributed by atoms with Crippen molar-refractivity contribution in [2.75, 3.05) is 6.61 Å². The van der Waals surface area contributed by atoms with Crippen LogP contribution in [-0.2, 0) is 38.7 Å². The number of carbonyl (C=O) groups excluding carboxylic acids is 3. The van der Waals surface area contributed by atoms with E-state index < -0.39 is 76.0 Å². The molecule has 1 aliphatic carbocycles. The van der Waals surface area contributed by atoms with Gasteiger partial charge in [-0.25, -0.2) is 0 Å². The smallest absolute Gasteiger partial charge is 0.402 e. The topological polar surface area (TPSA) is 137 Å². The van der Waals surface area contributed by atoms with Crippen LogP contribution >= 0.6 is 0 Å². The van der Waals surface area contributed by atoms with Gasteiger partial charge in [0.2, 0.25) is 5.91 Å². The van der Waals surface area contributed by atoms with Crippen molar-refractivity contribution >= 4 is 28.0 Å². The van der Waals surface area contributed by atoms with Crippen LogP contribution in [0.4, 0.5) is 8.78 Å². The summed E-state index contributed by atoms with van der Waals surface area (Å²) in [5.41, 5.74) is 0. The normalized spacial score (nSPS) is 33.7. The molecule has 0 aromatic carbocycles. The molecular weight excluding hydrogens is 492 g/mol. The maximum absolute atomic E-state index is 13.6. The lowest BCUT2D eigenvalue weighted by Gasteiger charge is -2.34. The van der Waals surface area contributed by atoms with Gasteiger partial charge < -0.3 is 19.1 Å². The van der Waals surface area contributed by atoms with Crippen LogP contribution in [0.25, 0.3) is 0 Å². The Hall–Kier alpha value is -1.86. The fourth-order valence-corrected chi connectivity index (χ4v) is 6.12. The largest absolute Gasteiger partial charge is 0.458 e. The van der Waals surface area contributed by atoms with Crippen molar-refractivity contribution in [3.63, 3.8) is 0 Å². The van der Waals surface area contributed by atoms with E-state index in [9.17, 15) is 31.6 Å². The van der Waals surface area contributed by atoms with Crippen molar-refractivity contribution in [1.29, 1.82) is 0 Å². The number of halogens is 2. The Balaban J connectivity index is 1.54. The highest BCUT2D eigenvalue weighted by molar-refractivity contribution is 7.86. The first kappa shape index (κ1) is 26.2. The van der Waals surface area contributed by atoms with Gasteiger partial charge in [0, 0.05) is 6.04 Å². The third-order valence-corrected chi connectivity index (χ3v) is 8.42. The number of ether oxygens (including phenoxy) is 3. The molecule has 4 fully saturated rings. The van der Waals surface area contributed by atoms with Gasteiger partial charge in [0.15, 0.2) is 12.7 Å². The van der Waals surface area contributed by atoms with Crippen molar-refractivity contribution in [2.24, 2.45) is 17.8 Å². The number of fused-ring (bicyclic) bond motifs is 1. The van der Waals surface area contributed by atoms with E-state index in [4.69, 9.17) is 14.0 Å². The Morgan fingerprint density at radius 3 is 2.29 bits per heavy atom. The molecule has 2 bridgehead atoms. The molecule has 0 radical (unpaired) electrons. The van der Waals surface area contributed by atoms with E-state index in [1.54, 1.807) is 13.8 Å². The lowest BCUT2D eigenvalue weighted by Crippen LogP contribution is -2.52. The van der Waals surface area contributed by atoms with Crippen molar-refractivity contribution in [3.05, 3.63) is 0 Å². The van der Waals surface area contributed by atoms with E-state index in [-0.39, 0.29) is 12.0 Å². The highest BCUT2D eigenvalue weighted by Crippen LogP contribution is 2.53. The van der Waals surface area contributed by atoms with Gasteiger partial charge in [0.05, 0.1) is 24.0 Å². The van der Waals surface area contributed by atoms with Crippen LogP contribution in [0, 0.1) is 17.8 Å². The molecule has 4 aliphatic rings. The van der Waals surface area contributed by atoms with E-state index >= 15 is 0 Å². The molecule has 6 unspecified atom stereocenters. The molecule has 13 heteroatoms. The number of rotatable bonds is 7. The summed E-state index contributed by atoms with van der Waals surface area (Å²) in [7, 11) is -5.80. The lowest BCUT2D eigenvalue weighted by atomic mass is 9.78. The fraction of sp³-hybridized carbons (Fsp3) is 0.864. The van der Waals surface area contributed by atoms with Gasteiger partial charge in [-0.1, -0.05) is 32.1 Å². The molecule has 35 heavy (non-hydrogen) atoms. The zero-order valence-electron chi connectivity index (χ0n) is 19.6. The number of hydrogen-bond acceptors (Lipinski definition) is 8. The first-order valence-corrected chi connectivity index (χ1v) is 13.5. The monoisotopic (exact) mass is 523 g/mol. The van der Waals surface area contributed by atoms with Gasteiger partial charge in [-0.05, 0) is 26.7 Å². The van der Waals surface area contributed by atoms with E-state index in [1.807, 2.05) is 0 Å². The molecule has 3 saturated heterocycles. The molecule has 4 rings (SSSR count). The van der Waals surface area contributed by atoms with Crippen molar-refractivity contribution in [3.8, 4) is 0 Å². The molecule has 0 aromatic heterocycles. The summed E-state index contributed by atoms with van der Waals surface area (Å²) < 4.78 is 73.9. The van der Waals surface area contributed by atoms with Crippen LogP contribution in [0.1, 0.15) is 58.8 Å². The average Bonchev–Trinajstić information content (AvgIpc) is 3.33. The minimum atomic E-state index is -5.80. The highest BCUT2D eigenvalue weighted by atomic mass is 32.2. The Morgan fingerprint density at radius 2 is 1.71 bits per heavy atom. The van der Waals surface area contributed by atoms with E-state index in [0.29, 0.717) is 12.8 Å². The van der Waals surface area contributed by atoms with E-state index in [2.05, 4.69) is 4.74 Å². The number of nitrogens with zero attached hydrogens (tertiary/aromatic N) is 1. The third-order valence-electron chi connectivity index (χ3n) is 7.55. The molecule has 198 valence electrons. The maximum atomic E-state index is 13.6. The number of likely N-dealkylation sites (tertiary alicyclic amines) is 1. The predicted octanol–water partition coefficient (Wildman–Crippen LogP) is 1.92. The predicted molar refractivity (Wildman–Crippen MR) is 115 cm³/mol. The van der Waals surface area contributed by atoms with Gasteiger partial charge >= 0.3 is 27.3 Å². The van der Waals surface area contributed by atoms with E-state index in [1.165, 1.54) is 4.90 Å². The first-order valence-electron chi connectivity index (χ1n) is 12.0. The summed E-state index contributed by atoms with van der Waals surface area (Å²) in [6.07, 6.45) is 3.47. The molecule has 10 nitrogen and oxygen atoms in total. The summed E-state index contributed by atoms with van der Waals surface area (Å²) in [4.78, 5) is 40.6. The van der Waals surface area contributed by atoms with Gasteiger partial charge in [-0.15, -0.1) is 0 Å². The molecular formula is C22H31F2NO9S. The van der Waals surface area contributed by atoms with Crippen LogP contribution in [0.2, 0.25) is 0 Å². The Morgan fingerprint density at radius 1 is 1.11 bits per heavy atom. The molecule has 6 atom stereocenters. The van der Waals surface area contributed by atoms with Crippen LogP contribution in [0.5, 0.6) is 0 Å². The molecule has 1 N–H and O–H groups in total. The Bertz CT molecular complexity index is 964. The fourth-order valence-electron chi connectivity index (χ4n) is 5.91. The van der Waals surface area contributed by atoms with E-state index in [0.717, 1.165) is 32.1 Å². The number of hydrogen-bond donors (Lipinski definition) is 1. The van der Waals surface area contributed by atoms with Gasteiger partial charge in [0.1, 0.15) is 12.0 Å². The SMILES string of the molecule is CC(C)N1C(=O)C2C3OC(C(OC(=O)C4CCCCCCC4)C31)C2C(=O)OCC(F)(F)S(=O)(=O)O. The summed E-state index contributed by atoms with van der Waals surface area (Å²) in [6, 6.07) is -0.915. The lowest BCUT2D eigenvalue weighted by molar-refractivity contribution is -0.168. The minimum absolute atomic E-state index is 0.302. The summed E-state index contributed by atoms with van der Waals surface area (Å²) in [5.74, 6) is -4.82. The average molecular weight is 524 g/mol. The summed E-state index contributed by atoms with van der Waals surface area (Å²) in [5, 5.41) is -4.71. The zero-order chi connectivity index (χ0) is 25.7. The molecule has 3 aliphatic heterocycles. The summed E-state index contributed by atoms with van der Waals surface area (Å²) >= 11 is 0. The number of alkyl halides is 2. The van der Waals surface area contributed by atoms with Crippen LogP contribution in [0.15, 0.2) is 0 Å². The molecule has 1 saturated carbocycles. The first-order chi connectivity index (χ1) is 16.3. The standard InChI is InChI=1S/C22H31F2NO9S/c1-11(2)25-15-16-13(19(25)26)14(21(28)32-10-22(23,24)35(29,30)31)17(33-16)18(15)34-20(27)12-8-6-4-3-5-7-9-12/h11-18H,3-10H2,1-2H3,(H,29,30,31). The number of carbonyl (C=O) groups is 3. The molecule has 0 aromatic rings.